The largest absolute Gasteiger partial charge is 0.356 e. The molecule has 0 radical (unpaired) electrons. The van der Waals surface area contributed by atoms with Crippen LogP contribution in [-0.4, -0.2) is 35.3 Å². The van der Waals surface area contributed by atoms with Crippen LogP contribution in [0.2, 0.25) is 0 Å². The molecular weight excluding hydrogens is 276 g/mol. The molecule has 2 heterocycles. The molecule has 0 spiro atoms. The Balaban J connectivity index is 1.44. The zero-order valence-electron chi connectivity index (χ0n) is 12.7. The number of hydrogen-bond donors (Lipinski definition) is 2. The highest BCUT2D eigenvalue weighted by molar-refractivity contribution is 5.78. The lowest BCUT2D eigenvalue weighted by Gasteiger charge is -2.09. The fourth-order valence-electron chi connectivity index (χ4n) is 2.81. The molecular formula is C17H22N4O. The molecule has 2 N–H and O–H groups in total. The van der Waals surface area contributed by atoms with Crippen molar-refractivity contribution < 1.29 is 4.79 Å². The average molecular weight is 298 g/mol. The molecule has 5 nitrogen and oxygen atoms in total. The van der Waals surface area contributed by atoms with Crippen LogP contribution in [0.15, 0.2) is 42.7 Å². The lowest BCUT2D eigenvalue weighted by molar-refractivity contribution is -0.120. The molecule has 22 heavy (non-hydrogen) atoms. The van der Waals surface area contributed by atoms with Crippen molar-refractivity contribution in [3.63, 3.8) is 0 Å². The van der Waals surface area contributed by atoms with Crippen molar-refractivity contribution >= 4 is 5.91 Å². The Morgan fingerprint density at radius 1 is 1.36 bits per heavy atom. The molecule has 1 unspecified atom stereocenters. The van der Waals surface area contributed by atoms with Crippen LogP contribution >= 0.6 is 0 Å². The van der Waals surface area contributed by atoms with Gasteiger partial charge in [0.2, 0.25) is 5.91 Å². The smallest absolute Gasteiger partial charge is 0.224 e. The molecule has 1 fully saturated rings. The van der Waals surface area contributed by atoms with Gasteiger partial charge in [-0.25, -0.2) is 4.68 Å². The highest BCUT2D eigenvalue weighted by atomic mass is 16.1. The summed E-state index contributed by atoms with van der Waals surface area (Å²) >= 11 is 0. The molecule has 1 aliphatic heterocycles. The van der Waals surface area contributed by atoms with Gasteiger partial charge in [0.05, 0.1) is 12.1 Å². The zero-order valence-corrected chi connectivity index (χ0v) is 12.7. The van der Waals surface area contributed by atoms with E-state index in [9.17, 15) is 4.79 Å². The summed E-state index contributed by atoms with van der Waals surface area (Å²) in [4.78, 5) is 12.0. The molecule has 1 aromatic carbocycles. The second-order valence-electron chi connectivity index (χ2n) is 5.79. The molecule has 0 aliphatic carbocycles. The zero-order chi connectivity index (χ0) is 15.2. The molecule has 0 saturated carbocycles. The molecule has 0 bridgehead atoms. The monoisotopic (exact) mass is 298 g/mol. The van der Waals surface area contributed by atoms with Gasteiger partial charge in [-0.3, -0.25) is 4.79 Å². The maximum absolute atomic E-state index is 12.0. The Morgan fingerprint density at radius 3 is 2.91 bits per heavy atom. The van der Waals surface area contributed by atoms with Crippen LogP contribution in [0.3, 0.4) is 0 Å². The number of hydrogen-bond acceptors (Lipinski definition) is 3. The van der Waals surface area contributed by atoms with Crippen molar-refractivity contribution in [2.75, 3.05) is 19.6 Å². The van der Waals surface area contributed by atoms with E-state index >= 15 is 0 Å². The summed E-state index contributed by atoms with van der Waals surface area (Å²) in [6, 6.07) is 9.83. The maximum Gasteiger partial charge on any atom is 0.224 e. The van der Waals surface area contributed by atoms with E-state index in [1.807, 2.05) is 36.5 Å². The number of benzene rings is 1. The number of nitrogens with one attached hydrogen (secondary N) is 2. The predicted octanol–water partition coefficient (Wildman–Crippen LogP) is 1.53. The molecule has 1 atom stereocenters. The van der Waals surface area contributed by atoms with E-state index in [1.54, 1.807) is 10.9 Å². The third-order valence-electron chi connectivity index (χ3n) is 4.11. The van der Waals surface area contributed by atoms with Gasteiger partial charge in [-0.15, -0.1) is 0 Å². The Hall–Kier alpha value is -2.14. The van der Waals surface area contributed by atoms with Crippen molar-refractivity contribution in [1.82, 2.24) is 20.4 Å². The summed E-state index contributed by atoms with van der Waals surface area (Å²) in [6.45, 7) is 2.97. The maximum atomic E-state index is 12.0. The summed E-state index contributed by atoms with van der Waals surface area (Å²) in [7, 11) is 0. The Labute approximate surface area is 130 Å². The fourth-order valence-corrected chi connectivity index (χ4v) is 2.81. The molecule has 2 aromatic rings. The van der Waals surface area contributed by atoms with Gasteiger partial charge in [-0.2, -0.15) is 5.10 Å². The van der Waals surface area contributed by atoms with Crippen molar-refractivity contribution in [2.24, 2.45) is 5.92 Å². The summed E-state index contributed by atoms with van der Waals surface area (Å²) in [6.07, 6.45) is 6.38. The first kappa shape index (κ1) is 14.8. The number of amides is 1. The van der Waals surface area contributed by atoms with E-state index in [0.717, 1.165) is 37.3 Å². The quantitative estimate of drug-likeness (QED) is 0.850. The Bertz CT molecular complexity index is 586. The van der Waals surface area contributed by atoms with E-state index in [2.05, 4.69) is 15.7 Å². The van der Waals surface area contributed by atoms with E-state index in [4.69, 9.17) is 0 Å². The van der Waals surface area contributed by atoms with Gasteiger partial charge >= 0.3 is 0 Å². The summed E-state index contributed by atoms with van der Waals surface area (Å²) in [5.74, 6) is 0.812. The second kappa shape index (κ2) is 7.22. The van der Waals surface area contributed by atoms with E-state index in [0.29, 0.717) is 12.3 Å². The van der Waals surface area contributed by atoms with E-state index in [-0.39, 0.29) is 5.91 Å². The molecule has 5 heteroatoms. The van der Waals surface area contributed by atoms with Crippen LogP contribution in [0.4, 0.5) is 0 Å². The third kappa shape index (κ3) is 3.95. The number of carbonyl (C=O) groups is 1. The molecule has 116 valence electrons. The number of rotatable bonds is 6. The second-order valence-corrected chi connectivity index (χ2v) is 5.79. The van der Waals surface area contributed by atoms with Crippen LogP contribution in [0, 0.1) is 5.92 Å². The molecule has 3 rings (SSSR count). The van der Waals surface area contributed by atoms with Crippen molar-refractivity contribution in [3.05, 3.63) is 48.3 Å². The lowest BCUT2D eigenvalue weighted by atomic mass is 10.1. The highest BCUT2D eigenvalue weighted by Gasteiger charge is 2.14. The average Bonchev–Trinajstić information content (AvgIpc) is 3.21. The minimum Gasteiger partial charge on any atom is -0.356 e. The first-order valence-electron chi connectivity index (χ1n) is 7.87. The normalized spacial score (nSPS) is 17.5. The van der Waals surface area contributed by atoms with Gasteiger partial charge in [0.1, 0.15) is 0 Å². The van der Waals surface area contributed by atoms with Crippen LogP contribution in [-0.2, 0) is 11.2 Å². The minimum absolute atomic E-state index is 0.0952. The van der Waals surface area contributed by atoms with Crippen LogP contribution in [0.5, 0.6) is 0 Å². The van der Waals surface area contributed by atoms with Gasteiger partial charge in [-0.05, 0) is 55.6 Å². The van der Waals surface area contributed by atoms with Crippen LogP contribution < -0.4 is 10.6 Å². The van der Waals surface area contributed by atoms with Gasteiger partial charge in [0, 0.05) is 18.9 Å². The fraction of sp³-hybridized carbons (Fsp3) is 0.412. The molecule has 1 aromatic heterocycles. The standard InChI is InChI=1S/C17H22N4O/c22-17(19-10-7-15-6-9-18-13-15)12-14-2-4-16(5-3-14)21-11-1-8-20-21/h1-5,8,11,15,18H,6-7,9-10,12-13H2,(H,19,22). The Morgan fingerprint density at radius 2 is 2.23 bits per heavy atom. The summed E-state index contributed by atoms with van der Waals surface area (Å²) < 4.78 is 1.81. The summed E-state index contributed by atoms with van der Waals surface area (Å²) in [5, 5.41) is 10.6. The predicted molar refractivity (Wildman–Crippen MR) is 85.9 cm³/mol. The van der Waals surface area contributed by atoms with E-state index < -0.39 is 0 Å². The van der Waals surface area contributed by atoms with Crippen LogP contribution in [0.1, 0.15) is 18.4 Å². The molecule has 1 saturated heterocycles. The van der Waals surface area contributed by atoms with Gasteiger partial charge in [0.15, 0.2) is 0 Å². The third-order valence-corrected chi connectivity index (χ3v) is 4.11. The lowest BCUT2D eigenvalue weighted by Crippen LogP contribution is -2.27. The summed E-state index contributed by atoms with van der Waals surface area (Å²) in [5.41, 5.74) is 2.03. The van der Waals surface area contributed by atoms with Gasteiger partial charge in [-0.1, -0.05) is 12.1 Å². The number of nitrogens with zero attached hydrogens (tertiary/aromatic N) is 2. The van der Waals surface area contributed by atoms with Gasteiger partial charge in [0.25, 0.3) is 0 Å². The van der Waals surface area contributed by atoms with Crippen LogP contribution in [0.25, 0.3) is 5.69 Å². The van der Waals surface area contributed by atoms with Crippen molar-refractivity contribution in [3.8, 4) is 5.69 Å². The first-order valence-corrected chi connectivity index (χ1v) is 7.87. The Kier molecular flexibility index (Phi) is 4.85. The number of aromatic nitrogens is 2. The molecule has 1 amide bonds. The highest BCUT2D eigenvalue weighted by Crippen LogP contribution is 2.11. The topological polar surface area (TPSA) is 59.0 Å². The van der Waals surface area contributed by atoms with Gasteiger partial charge < -0.3 is 10.6 Å². The van der Waals surface area contributed by atoms with Crippen molar-refractivity contribution in [1.29, 1.82) is 0 Å². The van der Waals surface area contributed by atoms with Crippen molar-refractivity contribution in [2.45, 2.75) is 19.3 Å². The SMILES string of the molecule is O=C(Cc1ccc(-n2cccn2)cc1)NCCC1CCNC1. The number of carbonyl (C=O) groups excluding carboxylic acids is 1. The first-order chi connectivity index (χ1) is 10.8. The molecule has 1 aliphatic rings. The minimum atomic E-state index is 0.0952. The van der Waals surface area contributed by atoms with E-state index in [1.165, 1.54) is 6.42 Å².